The number of hydrogen-bond acceptors (Lipinski definition) is 4. The van der Waals surface area contributed by atoms with Crippen LogP contribution in [0.4, 0.5) is 10.2 Å². The Balaban J connectivity index is 1.71. The zero-order valence-electron chi connectivity index (χ0n) is 12.8. The van der Waals surface area contributed by atoms with Crippen molar-refractivity contribution in [3.05, 3.63) is 53.2 Å². The predicted molar refractivity (Wildman–Crippen MR) is 85.3 cm³/mol. The number of nitrogens with one attached hydrogen (secondary N) is 2. The molecule has 0 aliphatic carbocycles. The summed E-state index contributed by atoms with van der Waals surface area (Å²) in [6, 6.07) is 8.62. The molecular formula is C17H21FN4. The molecule has 2 heterocycles. The van der Waals surface area contributed by atoms with E-state index in [4.69, 9.17) is 0 Å². The van der Waals surface area contributed by atoms with Gasteiger partial charge in [0.1, 0.15) is 17.5 Å². The summed E-state index contributed by atoms with van der Waals surface area (Å²) in [6.07, 6.45) is 2.34. The zero-order chi connectivity index (χ0) is 15.4. The van der Waals surface area contributed by atoms with Gasteiger partial charge in [-0.25, -0.2) is 14.4 Å². The van der Waals surface area contributed by atoms with Crippen LogP contribution in [0.15, 0.2) is 30.3 Å². The number of nitrogens with zero attached hydrogens (tertiary/aromatic N) is 2. The molecule has 0 amide bonds. The first kappa shape index (κ1) is 14.9. The highest BCUT2D eigenvalue weighted by molar-refractivity contribution is 5.38. The van der Waals surface area contributed by atoms with Crippen molar-refractivity contribution in [3.63, 3.8) is 0 Å². The normalized spacial score (nSPS) is 18.2. The third-order valence-corrected chi connectivity index (χ3v) is 3.94. The summed E-state index contributed by atoms with van der Waals surface area (Å²) in [5, 5.41) is 6.68. The minimum atomic E-state index is -0.216. The van der Waals surface area contributed by atoms with E-state index in [0.29, 0.717) is 12.5 Å². The zero-order valence-corrected chi connectivity index (χ0v) is 12.8. The molecule has 1 atom stereocenters. The Morgan fingerprint density at radius 2 is 2.23 bits per heavy atom. The molecular weight excluding hydrogens is 279 g/mol. The summed E-state index contributed by atoms with van der Waals surface area (Å²) >= 11 is 0. The van der Waals surface area contributed by atoms with Crippen molar-refractivity contribution in [3.8, 4) is 0 Å². The standard InChI is InChI=1S/C17H21FN4/c1-12-21-16(14-5-3-7-19-11-14)9-17(22-12)20-10-13-4-2-6-15(18)8-13/h2,4,6,8-9,14,19H,3,5,7,10-11H2,1H3,(H,20,21,22)/t14-/m0/s1. The molecule has 116 valence electrons. The monoisotopic (exact) mass is 300 g/mol. The number of benzene rings is 1. The van der Waals surface area contributed by atoms with Crippen molar-refractivity contribution >= 4 is 5.82 Å². The van der Waals surface area contributed by atoms with E-state index in [-0.39, 0.29) is 5.82 Å². The predicted octanol–water partition coefficient (Wildman–Crippen LogP) is 3.00. The summed E-state index contributed by atoms with van der Waals surface area (Å²) in [5.74, 6) is 1.81. The molecule has 0 radical (unpaired) electrons. The lowest BCUT2D eigenvalue weighted by Gasteiger charge is -2.22. The average molecular weight is 300 g/mol. The van der Waals surface area contributed by atoms with E-state index in [1.165, 1.54) is 18.6 Å². The minimum absolute atomic E-state index is 0.216. The van der Waals surface area contributed by atoms with Crippen LogP contribution in [0.25, 0.3) is 0 Å². The van der Waals surface area contributed by atoms with Crippen LogP contribution in [-0.4, -0.2) is 23.1 Å². The van der Waals surface area contributed by atoms with E-state index in [0.717, 1.165) is 42.4 Å². The van der Waals surface area contributed by atoms with E-state index in [1.807, 2.05) is 19.1 Å². The summed E-state index contributed by atoms with van der Waals surface area (Å²) in [6.45, 7) is 4.52. The van der Waals surface area contributed by atoms with Crippen LogP contribution in [0.1, 0.15) is 35.8 Å². The van der Waals surface area contributed by atoms with Gasteiger partial charge in [-0.15, -0.1) is 0 Å². The number of piperidine rings is 1. The van der Waals surface area contributed by atoms with Crippen LogP contribution in [0.5, 0.6) is 0 Å². The van der Waals surface area contributed by atoms with Crippen LogP contribution in [0.3, 0.4) is 0 Å². The second kappa shape index (κ2) is 6.83. The van der Waals surface area contributed by atoms with Gasteiger partial charge in [0.25, 0.3) is 0 Å². The highest BCUT2D eigenvalue weighted by Crippen LogP contribution is 2.23. The number of rotatable bonds is 4. The van der Waals surface area contributed by atoms with Crippen LogP contribution < -0.4 is 10.6 Å². The Morgan fingerprint density at radius 1 is 1.32 bits per heavy atom. The number of aromatic nitrogens is 2. The molecule has 1 fully saturated rings. The largest absolute Gasteiger partial charge is 0.366 e. The minimum Gasteiger partial charge on any atom is -0.366 e. The molecule has 4 nitrogen and oxygen atoms in total. The fourth-order valence-corrected chi connectivity index (χ4v) is 2.83. The Morgan fingerprint density at radius 3 is 3.00 bits per heavy atom. The molecule has 0 bridgehead atoms. The van der Waals surface area contributed by atoms with Gasteiger partial charge in [-0.1, -0.05) is 12.1 Å². The molecule has 1 saturated heterocycles. The van der Waals surface area contributed by atoms with Gasteiger partial charge in [0, 0.05) is 25.1 Å². The maximum atomic E-state index is 13.2. The average Bonchev–Trinajstić information content (AvgIpc) is 2.53. The lowest BCUT2D eigenvalue weighted by atomic mass is 9.96. The lowest BCUT2D eigenvalue weighted by molar-refractivity contribution is 0.453. The number of hydrogen-bond donors (Lipinski definition) is 2. The molecule has 2 N–H and O–H groups in total. The second-order valence-electron chi connectivity index (χ2n) is 5.75. The van der Waals surface area contributed by atoms with Gasteiger partial charge in [0.15, 0.2) is 0 Å². The van der Waals surface area contributed by atoms with Crippen molar-refractivity contribution in [1.29, 1.82) is 0 Å². The summed E-state index contributed by atoms with van der Waals surface area (Å²) in [7, 11) is 0. The first-order valence-corrected chi connectivity index (χ1v) is 7.75. The third kappa shape index (κ3) is 3.80. The van der Waals surface area contributed by atoms with Crippen molar-refractivity contribution in [2.24, 2.45) is 0 Å². The lowest BCUT2D eigenvalue weighted by Crippen LogP contribution is -2.29. The van der Waals surface area contributed by atoms with Gasteiger partial charge < -0.3 is 10.6 Å². The highest BCUT2D eigenvalue weighted by atomic mass is 19.1. The van der Waals surface area contributed by atoms with Crippen molar-refractivity contribution in [1.82, 2.24) is 15.3 Å². The SMILES string of the molecule is Cc1nc(NCc2cccc(F)c2)cc([C@H]2CCCNC2)n1. The smallest absolute Gasteiger partial charge is 0.130 e. The molecule has 2 aromatic rings. The van der Waals surface area contributed by atoms with Crippen molar-refractivity contribution in [2.45, 2.75) is 32.2 Å². The highest BCUT2D eigenvalue weighted by Gasteiger charge is 2.17. The molecule has 5 heteroatoms. The van der Waals surface area contributed by atoms with Crippen LogP contribution >= 0.6 is 0 Å². The van der Waals surface area contributed by atoms with E-state index in [9.17, 15) is 4.39 Å². The maximum absolute atomic E-state index is 13.2. The molecule has 22 heavy (non-hydrogen) atoms. The third-order valence-electron chi connectivity index (χ3n) is 3.94. The van der Waals surface area contributed by atoms with E-state index in [1.54, 1.807) is 6.07 Å². The summed E-state index contributed by atoms with van der Waals surface area (Å²) in [5.41, 5.74) is 1.98. The maximum Gasteiger partial charge on any atom is 0.130 e. The van der Waals surface area contributed by atoms with Gasteiger partial charge in [-0.05, 0) is 44.0 Å². The van der Waals surface area contributed by atoms with Crippen LogP contribution in [-0.2, 0) is 6.54 Å². The van der Waals surface area contributed by atoms with E-state index in [2.05, 4.69) is 20.6 Å². The Hall–Kier alpha value is -2.01. The van der Waals surface area contributed by atoms with Crippen LogP contribution in [0, 0.1) is 12.7 Å². The number of anilines is 1. The fourth-order valence-electron chi connectivity index (χ4n) is 2.83. The molecule has 1 aliphatic rings. The Bertz CT molecular complexity index is 638. The second-order valence-corrected chi connectivity index (χ2v) is 5.75. The van der Waals surface area contributed by atoms with E-state index >= 15 is 0 Å². The quantitative estimate of drug-likeness (QED) is 0.911. The Kier molecular flexibility index (Phi) is 4.63. The molecule has 0 unspecified atom stereocenters. The molecule has 3 rings (SSSR count). The first-order chi connectivity index (χ1) is 10.7. The van der Waals surface area contributed by atoms with Gasteiger partial charge in [0.05, 0.1) is 5.69 Å². The topological polar surface area (TPSA) is 49.8 Å². The number of halogens is 1. The van der Waals surface area contributed by atoms with Crippen LogP contribution in [0.2, 0.25) is 0 Å². The number of aryl methyl sites for hydroxylation is 1. The fraction of sp³-hybridized carbons (Fsp3) is 0.412. The van der Waals surface area contributed by atoms with Gasteiger partial charge >= 0.3 is 0 Å². The van der Waals surface area contributed by atoms with Crippen molar-refractivity contribution < 1.29 is 4.39 Å². The van der Waals surface area contributed by atoms with E-state index < -0.39 is 0 Å². The first-order valence-electron chi connectivity index (χ1n) is 7.75. The molecule has 1 aromatic carbocycles. The van der Waals surface area contributed by atoms with Crippen molar-refractivity contribution in [2.75, 3.05) is 18.4 Å². The molecule has 1 aliphatic heterocycles. The molecule has 1 aromatic heterocycles. The summed E-state index contributed by atoms with van der Waals surface area (Å²) in [4.78, 5) is 9.01. The molecule has 0 saturated carbocycles. The summed E-state index contributed by atoms with van der Waals surface area (Å²) < 4.78 is 13.2. The van der Waals surface area contributed by atoms with Gasteiger partial charge in [-0.3, -0.25) is 0 Å². The Labute approximate surface area is 130 Å². The molecule has 0 spiro atoms. The van der Waals surface area contributed by atoms with Gasteiger partial charge in [0.2, 0.25) is 0 Å². The van der Waals surface area contributed by atoms with Gasteiger partial charge in [-0.2, -0.15) is 0 Å².